The van der Waals surface area contributed by atoms with Gasteiger partial charge >= 0.3 is 0 Å². The van der Waals surface area contributed by atoms with Crippen LogP contribution in [0, 0.1) is 0 Å². The Kier molecular flexibility index (Phi) is 6.98. The van der Waals surface area contributed by atoms with Crippen LogP contribution in [0.15, 0.2) is 70.3 Å². The Morgan fingerprint density at radius 2 is 0.892 bits per heavy atom. The molecule has 2 aliphatic rings. The molecule has 2 aromatic carbocycles. The maximum absolute atomic E-state index is 6.31. The molecule has 37 heavy (non-hydrogen) atoms. The van der Waals surface area contributed by atoms with Gasteiger partial charge in [0.2, 0.25) is 8.24 Å². The first-order valence-electron chi connectivity index (χ1n) is 14.2. The van der Waals surface area contributed by atoms with E-state index in [-0.39, 0.29) is 0 Å². The molecular formula is C30H50N2Si5. The molecule has 0 N–H and O–H groups in total. The fraction of sp³-hybridized carbons (Fsp3) is 0.533. The third-order valence-electron chi connectivity index (χ3n) is 10.1. The molecule has 0 aromatic heterocycles. The normalized spacial score (nSPS) is 21.2. The van der Waals surface area contributed by atoms with Crippen molar-refractivity contribution >= 4 is 51.7 Å². The first-order valence-corrected chi connectivity index (χ1v) is 30.1. The highest BCUT2D eigenvalue weighted by molar-refractivity contribution is 7.37. The van der Waals surface area contributed by atoms with E-state index in [1.54, 1.807) is 0 Å². The minimum absolute atomic E-state index is 0.346. The van der Waals surface area contributed by atoms with Gasteiger partial charge in [0.25, 0.3) is 0 Å². The Bertz CT molecular complexity index is 1140. The third-order valence-corrected chi connectivity index (χ3v) is 48.3. The van der Waals surface area contributed by atoms with E-state index in [0.29, 0.717) is 8.57 Å². The molecule has 2 nitrogen and oxygen atoms in total. The topological polar surface area (TPSA) is 24.7 Å². The van der Waals surface area contributed by atoms with Crippen LogP contribution in [-0.2, 0) is 0 Å². The van der Waals surface area contributed by atoms with E-state index in [0.717, 1.165) is 5.84 Å². The average molecular weight is 579 g/mol. The van der Waals surface area contributed by atoms with E-state index in [2.05, 4.69) is 139 Å². The van der Waals surface area contributed by atoms with Gasteiger partial charge in [0.15, 0.2) is 0 Å². The molecule has 0 unspecified atom stereocenters. The Hall–Kier alpha value is -1.14. The molecular weight excluding hydrogens is 529 g/mol. The van der Waals surface area contributed by atoms with Crippen LogP contribution >= 0.6 is 0 Å². The Balaban J connectivity index is 2.29. The zero-order valence-electron chi connectivity index (χ0n) is 25.6. The quantitative estimate of drug-likeness (QED) is 0.305. The van der Waals surface area contributed by atoms with Crippen LogP contribution in [0.3, 0.4) is 0 Å². The molecule has 7 heteroatoms. The van der Waals surface area contributed by atoms with Crippen molar-refractivity contribution < 1.29 is 0 Å². The summed E-state index contributed by atoms with van der Waals surface area (Å²) in [5.74, 6) is 1.04. The van der Waals surface area contributed by atoms with Crippen molar-refractivity contribution in [1.29, 1.82) is 0 Å². The second-order valence-corrected chi connectivity index (χ2v) is 43.9. The second kappa shape index (κ2) is 8.94. The number of amidine groups is 1. The summed E-state index contributed by atoms with van der Waals surface area (Å²) in [5.41, 5.74) is 2.56. The van der Waals surface area contributed by atoms with Crippen LogP contribution in [0.25, 0.3) is 0 Å². The molecule has 2 heterocycles. The highest BCUT2D eigenvalue weighted by atomic mass is 28.5. The third kappa shape index (κ3) is 3.85. The molecule has 0 bridgehead atoms. The van der Waals surface area contributed by atoms with Crippen LogP contribution in [0.2, 0.25) is 87.1 Å². The molecule has 2 aliphatic heterocycles. The maximum atomic E-state index is 6.31. The number of hydrogen-bond acceptors (Lipinski definition) is 2. The van der Waals surface area contributed by atoms with Gasteiger partial charge in [-0.3, -0.25) is 4.66 Å². The summed E-state index contributed by atoms with van der Waals surface area (Å²) in [6, 6.07) is 22.2. The smallest absolute Gasteiger partial charge is 0.236 e. The first kappa shape index (κ1) is 28.9. The van der Waals surface area contributed by atoms with Gasteiger partial charge in [0.1, 0.15) is 5.84 Å². The van der Waals surface area contributed by atoms with Crippen molar-refractivity contribution in [1.82, 2.24) is 0 Å². The molecule has 1 fully saturated rings. The zero-order chi connectivity index (χ0) is 27.7. The minimum Gasteiger partial charge on any atom is -0.297 e. The second-order valence-electron chi connectivity index (χ2n) is 15.6. The van der Waals surface area contributed by atoms with Crippen LogP contribution in [0.1, 0.15) is 24.0 Å². The fourth-order valence-corrected chi connectivity index (χ4v) is 59.0. The molecule has 0 amide bonds. The van der Waals surface area contributed by atoms with Gasteiger partial charge in [-0.05, 0) is 14.1 Å². The monoisotopic (exact) mass is 578 g/mol. The van der Waals surface area contributed by atoms with E-state index in [1.165, 1.54) is 29.3 Å². The van der Waals surface area contributed by atoms with Crippen LogP contribution in [0.5, 0.6) is 0 Å². The largest absolute Gasteiger partial charge is 0.297 e. The van der Waals surface area contributed by atoms with Gasteiger partial charge in [-0.25, -0.2) is 4.99 Å². The lowest BCUT2D eigenvalue weighted by atomic mass is 10.2. The molecule has 0 atom stereocenters. The van der Waals surface area contributed by atoms with Gasteiger partial charge in [-0.2, -0.15) is 0 Å². The predicted molar refractivity (Wildman–Crippen MR) is 180 cm³/mol. The van der Waals surface area contributed by atoms with Crippen LogP contribution < -0.4 is 0 Å². The van der Waals surface area contributed by atoms with E-state index < -0.39 is 40.5 Å². The Morgan fingerprint density at radius 3 is 1.24 bits per heavy atom. The van der Waals surface area contributed by atoms with E-state index >= 15 is 0 Å². The molecule has 0 radical (unpaired) electrons. The lowest BCUT2D eigenvalue weighted by Crippen LogP contribution is -2.78. The Labute approximate surface area is 232 Å². The first-order chi connectivity index (χ1) is 16.9. The van der Waals surface area contributed by atoms with Crippen molar-refractivity contribution in [3.63, 3.8) is 0 Å². The summed E-state index contributed by atoms with van der Waals surface area (Å²) in [4.78, 5) is 5.73. The van der Waals surface area contributed by atoms with Gasteiger partial charge in [0, 0.05) is 37.9 Å². The van der Waals surface area contributed by atoms with Crippen molar-refractivity contribution in [2.75, 3.05) is 0 Å². The predicted octanol–water partition coefficient (Wildman–Crippen LogP) is 9.21. The number of hydrogen-bond donors (Lipinski definition) is 0. The summed E-state index contributed by atoms with van der Waals surface area (Å²) in [6.45, 7) is 32.4. The Morgan fingerprint density at radius 1 is 0.541 bits per heavy atom. The fourth-order valence-electron chi connectivity index (χ4n) is 9.63. The highest BCUT2D eigenvalue weighted by Gasteiger charge is 2.84. The molecule has 1 spiro atoms. The summed E-state index contributed by atoms with van der Waals surface area (Å²) in [7, 11) is -9.48. The van der Waals surface area contributed by atoms with Crippen LogP contribution in [0.4, 0.5) is 0 Å². The lowest BCUT2D eigenvalue weighted by molar-refractivity contribution is 0.763. The van der Waals surface area contributed by atoms with Crippen LogP contribution in [-0.4, -0.2) is 51.7 Å². The molecule has 4 rings (SSSR count). The van der Waals surface area contributed by atoms with E-state index in [9.17, 15) is 0 Å². The number of nitrogens with zero attached hydrogens (tertiary/aromatic N) is 2. The molecule has 1 saturated heterocycles. The molecule has 0 saturated carbocycles. The van der Waals surface area contributed by atoms with Gasteiger partial charge in [-0.1, -0.05) is 152 Å². The van der Waals surface area contributed by atoms with Gasteiger partial charge < -0.3 is 0 Å². The molecule has 200 valence electrons. The summed E-state index contributed by atoms with van der Waals surface area (Å²) in [6.07, 6.45) is 2.74. The maximum Gasteiger partial charge on any atom is 0.236 e. The van der Waals surface area contributed by atoms with Crippen molar-refractivity contribution in [3.8, 4) is 0 Å². The van der Waals surface area contributed by atoms with Crippen molar-refractivity contribution in [2.24, 2.45) is 9.65 Å². The summed E-state index contributed by atoms with van der Waals surface area (Å²) in [5, 5.41) is 1.44. The van der Waals surface area contributed by atoms with E-state index in [1.807, 2.05) is 0 Å². The number of rotatable bonds is 6. The highest BCUT2D eigenvalue weighted by Crippen LogP contribution is 2.77. The zero-order valence-corrected chi connectivity index (χ0v) is 30.6. The standard InChI is InChI=1S/C30H50N2Si5/c1-33(2,3)29(34(4,5)6)23-24-30(35(7,8)9,36(10,11)12)37(29)28(26-21-17-14-18-22-26)31-27(32-37)25-19-15-13-16-20-25/h13-22H,23-24H2,1-12H3. The van der Waals surface area contributed by atoms with Gasteiger partial charge in [0.05, 0.1) is 5.33 Å². The summed E-state index contributed by atoms with van der Waals surface area (Å²) >= 11 is 0. The van der Waals surface area contributed by atoms with Gasteiger partial charge in [-0.15, -0.1) is 0 Å². The summed E-state index contributed by atoms with van der Waals surface area (Å²) < 4.78 is 7.00. The van der Waals surface area contributed by atoms with Crippen molar-refractivity contribution in [3.05, 3.63) is 71.8 Å². The number of aliphatic imine (C=N–C) groups is 1. The lowest BCUT2D eigenvalue weighted by Gasteiger charge is -2.64. The molecule has 0 aliphatic carbocycles. The van der Waals surface area contributed by atoms with E-state index in [4.69, 9.17) is 9.65 Å². The minimum atomic E-state index is -2.60. The SMILES string of the molecule is C[Si](C)(C)C1([Si](C)(C)C)CCC([Si](C)(C)C)([Si](C)(C)C)[Si]12N=C(c1ccccc1)N=C2c1ccccc1. The van der Waals surface area contributed by atoms with Crippen molar-refractivity contribution in [2.45, 2.75) is 100.0 Å². The number of benzene rings is 2. The molecule has 2 aromatic rings. The average Bonchev–Trinajstić information content (AvgIpc) is 3.32.